The van der Waals surface area contributed by atoms with Gasteiger partial charge < -0.3 is 10.5 Å². The minimum Gasteiger partial charge on any atom is -0.492 e. The molecule has 0 radical (unpaired) electrons. The number of sulfonamides is 1. The number of para-hydroxylation sites is 1. The van der Waals surface area contributed by atoms with E-state index >= 15 is 0 Å². The number of hydrogen-bond acceptors (Lipinski definition) is 4. The molecule has 0 saturated heterocycles. The number of rotatable bonds is 7. The predicted molar refractivity (Wildman–Crippen MR) is 92.1 cm³/mol. The largest absolute Gasteiger partial charge is 0.492 e. The van der Waals surface area contributed by atoms with E-state index in [1.54, 1.807) is 12.1 Å². The maximum Gasteiger partial charge on any atom is 0.240 e. The molecule has 3 N–H and O–H groups in total. The van der Waals surface area contributed by atoms with Crippen LogP contribution in [-0.2, 0) is 10.0 Å². The van der Waals surface area contributed by atoms with E-state index in [1.165, 1.54) is 12.1 Å². The molecule has 2 rings (SSSR count). The standard InChI is InChI=1S/C17H22N2O3S/c1-13(2)16-5-3-4-6-17(16)22-12-11-19-23(20,21)15-9-7-14(18)8-10-15/h3-10,13,19H,11-12,18H2,1-2H3. The van der Waals surface area contributed by atoms with Crippen LogP contribution in [0.15, 0.2) is 53.4 Å². The van der Waals surface area contributed by atoms with Crippen molar-refractivity contribution in [3.8, 4) is 5.75 Å². The Morgan fingerprint density at radius 3 is 2.39 bits per heavy atom. The second-order valence-corrected chi connectivity index (χ2v) is 7.27. The van der Waals surface area contributed by atoms with Crippen LogP contribution in [0, 0.1) is 0 Å². The summed E-state index contributed by atoms with van der Waals surface area (Å²) in [5, 5.41) is 0. The normalized spacial score (nSPS) is 11.6. The molecule has 0 bridgehead atoms. The molecule has 0 aliphatic heterocycles. The predicted octanol–water partition coefficient (Wildman–Crippen LogP) is 2.75. The zero-order valence-corrected chi connectivity index (χ0v) is 14.1. The molecule has 0 unspecified atom stereocenters. The molecule has 0 spiro atoms. The van der Waals surface area contributed by atoms with E-state index in [0.717, 1.165) is 11.3 Å². The fourth-order valence-electron chi connectivity index (χ4n) is 2.16. The minimum absolute atomic E-state index is 0.189. The van der Waals surface area contributed by atoms with Crippen molar-refractivity contribution in [1.29, 1.82) is 0 Å². The Balaban J connectivity index is 1.91. The van der Waals surface area contributed by atoms with Gasteiger partial charge in [-0.05, 0) is 41.8 Å². The SMILES string of the molecule is CC(C)c1ccccc1OCCNS(=O)(=O)c1ccc(N)cc1. The highest BCUT2D eigenvalue weighted by atomic mass is 32.2. The smallest absolute Gasteiger partial charge is 0.240 e. The monoisotopic (exact) mass is 334 g/mol. The third-order valence-electron chi connectivity index (χ3n) is 3.38. The fraction of sp³-hybridized carbons (Fsp3) is 0.294. The molecule has 0 atom stereocenters. The Labute approximate surface area is 137 Å². The molecule has 0 heterocycles. The summed E-state index contributed by atoms with van der Waals surface area (Å²) in [5.74, 6) is 1.13. The number of hydrogen-bond donors (Lipinski definition) is 2. The summed E-state index contributed by atoms with van der Waals surface area (Å²) in [7, 11) is -3.54. The summed E-state index contributed by atoms with van der Waals surface area (Å²) in [6.07, 6.45) is 0. The van der Waals surface area contributed by atoms with Crippen molar-refractivity contribution in [3.05, 3.63) is 54.1 Å². The van der Waals surface area contributed by atoms with Crippen molar-refractivity contribution >= 4 is 15.7 Å². The molecule has 0 aliphatic carbocycles. The number of nitrogen functional groups attached to an aromatic ring is 1. The molecule has 124 valence electrons. The third kappa shape index (κ3) is 4.71. The molecule has 0 saturated carbocycles. The first-order valence-electron chi connectivity index (χ1n) is 7.47. The van der Waals surface area contributed by atoms with E-state index in [-0.39, 0.29) is 18.0 Å². The topological polar surface area (TPSA) is 81.4 Å². The molecular formula is C17H22N2O3S. The molecule has 0 amide bonds. The van der Waals surface area contributed by atoms with E-state index in [4.69, 9.17) is 10.5 Å². The van der Waals surface area contributed by atoms with Crippen LogP contribution in [-0.4, -0.2) is 21.6 Å². The van der Waals surface area contributed by atoms with Crippen molar-refractivity contribution in [2.75, 3.05) is 18.9 Å². The van der Waals surface area contributed by atoms with Gasteiger partial charge >= 0.3 is 0 Å². The van der Waals surface area contributed by atoms with Crippen molar-refractivity contribution in [2.45, 2.75) is 24.7 Å². The van der Waals surface area contributed by atoms with E-state index in [1.807, 2.05) is 24.3 Å². The second-order valence-electron chi connectivity index (χ2n) is 5.51. The molecule has 5 nitrogen and oxygen atoms in total. The van der Waals surface area contributed by atoms with Crippen LogP contribution >= 0.6 is 0 Å². The quantitative estimate of drug-likeness (QED) is 0.602. The van der Waals surface area contributed by atoms with Gasteiger partial charge in [-0.15, -0.1) is 0 Å². The molecule has 0 fully saturated rings. The molecule has 2 aromatic carbocycles. The summed E-state index contributed by atoms with van der Waals surface area (Å²) in [6.45, 7) is 4.63. The summed E-state index contributed by atoms with van der Waals surface area (Å²) in [4.78, 5) is 0.189. The highest BCUT2D eigenvalue weighted by Gasteiger charge is 2.13. The number of anilines is 1. The zero-order valence-electron chi connectivity index (χ0n) is 13.3. The lowest BCUT2D eigenvalue weighted by molar-refractivity contribution is 0.318. The van der Waals surface area contributed by atoms with Crippen molar-refractivity contribution in [3.63, 3.8) is 0 Å². The van der Waals surface area contributed by atoms with E-state index < -0.39 is 10.0 Å². The molecule has 0 aromatic heterocycles. The summed E-state index contributed by atoms with van der Waals surface area (Å²) in [6, 6.07) is 13.8. The van der Waals surface area contributed by atoms with Gasteiger partial charge in [-0.1, -0.05) is 32.0 Å². The maximum absolute atomic E-state index is 12.1. The summed E-state index contributed by atoms with van der Waals surface area (Å²) >= 11 is 0. The van der Waals surface area contributed by atoms with Crippen LogP contribution in [0.4, 0.5) is 5.69 Å². The molecular weight excluding hydrogens is 312 g/mol. The number of nitrogens with one attached hydrogen (secondary N) is 1. The average molecular weight is 334 g/mol. The Morgan fingerprint density at radius 2 is 1.74 bits per heavy atom. The van der Waals surface area contributed by atoms with Crippen molar-refractivity contribution in [1.82, 2.24) is 4.72 Å². The highest BCUT2D eigenvalue weighted by molar-refractivity contribution is 7.89. The fourth-order valence-corrected chi connectivity index (χ4v) is 3.17. The van der Waals surface area contributed by atoms with Gasteiger partial charge in [0.05, 0.1) is 4.90 Å². The number of nitrogens with two attached hydrogens (primary N) is 1. The van der Waals surface area contributed by atoms with Gasteiger partial charge in [-0.3, -0.25) is 0 Å². The lowest BCUT2D eigenvalue weighted by atomic mass is 10.0. The molecule has 6 heteroatoms. The molecule has 23 heavy (non-hydrogen) atoms. The summed E-state index contributed by atoms with van der Waals surface area (Å²) in [5.41, 5.74) is 7.19. The van der Waals surface area contributed by atoms with Crippen molar-refractivity contribution < 1.29 is 13.2 Å². The first-order valence-corrected chi connectivity index (χ1v) is 8.95. The Bertz CT molecular complexity index is 741. The van der Waals surface area contributed by atoms with Gasteiger partial charge in [0, 0.05) is 12.2 Å². The van der Waals surface area contributed by atoms with Gasteiger partial charge in [0.2, 0.25) is 10.0 Å². The van der Waals surface area contributed by atoms with Gasteiger partial charge in [-0.2, -0.15) is 0 Å². The third-order valence-corrected chi connectivity index (χ3v) is 4.86. The van der Waals surface area contributed by atoms with Crippen LogP contribution in [0.5, 0.6) is 5.75 Å². The van der Waals surface area contributed by atoms with Gasteiger partial charge in [0.1, 0.15) is 12.4 Å². The minimum atomic E-state index is -3.54. The van der Waals surface area contributed by atoms with Crippen LogP contribution in [0.1, 0.15) is 25.3 Å². The first kappa shape index (κ1) is 17.3. The molecule has 0 aliphatic rings. The Kier molecular flexibility index (Phi) is 5.63. The van der Waals surface area contributed by atoms with Crippen LogP contribution in [0.3, 0.4) is 0 Å². The molecule has 2 aromatic rings. The average Bonchev–Trinajstić information content (AvgIpc) is 2.52. The van der Waals surface area contributed by atoms with Gasteiger partial charge in [0.15, 0.2) is 0 Å². The maximum atomic E-state index is 12.1. The Hall–Kier alpha value is -2.05. The zero-order chi connectivity index (χ0) is 16.9. The summed E-state index contributed by atoms with van der Waals surface area (Å²) < 4.78 is 32.5. The van der Waals surface area contributed by atoms with Gasteiger partial charge in [-0.25, -0.2) is 13.1 Å². The van der Waals surface area contributed by atoms with Crippen molar-refractivity contribution in [2.24, 2.45) is 0 Å². The number of benzene rings is 2. The number of ether oxygens (including phenoxy) is 1. The Morgan fingerprint density at radius 1 is 1.09 bits per heavy atom. The van der Waals surface area contributed by atoms with Crippen LogP contribution in [0.2, 0.25) is 0 Å². The van der Waals surface area contributed by atoms with E-state index in [9.17, 15) is 8.42 Å². The lowest BCUT2D eigenvalue weighted by Gasteiger charge is -2.14. The van der Waals surface area contributed by atoms with E-state index in [2.05, 4.69) is 18.6 Å². The van der Waals surface area contributed by atoms with Crippen LogP contribution in [0.25, 0.3) is 0 Å². The highest BCUT2D eigenvalue weighted by Crippen LogP contribution is 2.25. The van der Waals surface area contributed by atoms with Crippen LogP contribution < -0.4 is 15.2 Å². The lowest BCUT2D eigenvalue weighted by Crippen LogP contribution is -2.28. The first-order chi connectivity index (χ1) is 10.9. The van der Waals surface area contributed by atoms with E-state index in [0.29, 0.717) is 11.6 Å². The second kappa shape index (κ2) is 7.48. The van der Waals surface area contributed by atoms with Gasteiger partial charge in [0.25, 0.3) is 0 Å².